The van der Waals surface area contributed by atoms with Gasteiger partial charge in [-0.05, 0) is 19.8 Å². The maximum absolute atomic E-state index is 11.6. The molecule has 0 heterocycles. The Kier molecular flexibility index (Phi) is 8.47. The number of hydrogen-bond acceptors (Lipinski definition) is 3. The van der Waals surface area contributed by atoms with Gasteiger partial charge in [0.15, 0.2) is 0 Å². The Hall–Kier alpha value is -1.05. The van der Waals surface area contributed by atoms with Crippen LogP contribution in [-0.4, -0.2) is 37.7 Å². The molecule has 2 N–H and O–H groups in total. The zero-order chi connectivity index (χ0) is 13.3. The van der Waals surface area contributed by atoms with Gasteiger partial charge in [-0.2, -0.15) is 0 Å². The molecule has 0 saturated heterocycles. The van der Waals surface area contributed by atoms with Crippen LogP contribution >= 0.6 is 0 Å². The van der Waals surface area contributed by atoms with Gasteiger partial charge in [-0.15, -0.1) is 6.42 Å². The van der Waals surface area contributed by atoms with Crippen molar-refractivity contribution in [3.8, 4) is 12.3 Å². The van der Waals surface area contributed by atoms with Crippen LogP contribution in [0.5, 0.6) is 0 Å². The first-order valence-corrected chi connectivity index (χ1v) is 6.07. The van der Waals surface area contributed by atoms with Gasteiger partial charge in [-0.25, -0.2) is 0 Å². The van der Waals surface area contributed by atoms with Crippen molar-refractivity contribution in [1.82, 2.24) is 10.6 Å². The standard InChI is InChI=1S/C13H24N2O2/c1-6-8-14-13(16)11(5)15-12(10(3)4)9-17-7-2/h1,10-12,15H,7-9H2,2-5H3,(H,14,16). The fraction of sp³-hybridized carbons (Fsp3) is 0.769. The van der Waals surface area contributed by atoms with Gasteiger partial charge in [-0.1, -0.05) is 19.8 Å². The third-order valence-electron chi connectivity index (χ3n) is 2.53. The maximum Gasteiger partial charge on any atom is 0.237 e. The molecule has 0 radical (unpaired) electrons. The molecule has 0 aliphatic rings. The third-order valence-corrected chi connectivity index (χ3v) is 2.53. The van der Waals surface area contributed by atoms with Crippen LogP contribution in [0.4, 0.5) is 0 Å². The van der Waals surface area contributed by atoms with E-state index in [0.717, 1.165) is 0 Å². The molecule has 1 amide bonds. The summed E-state index contributed by atoms with van der Waals surface area (Å²) in [6, 6.07) is -0.0993. The van der Waals surface area contributed by atoms with E-state index in [4.69, 9.17) is 11.2 Å². The zero-order valence-electron chi connectivity index (χ0n) is 11.2. The van der Waals surface area contributed by atoms with E-state index < -0.39 is 0 Å². The van der Waals surface area contributed by atoms with Gasteiger partial charge in [-0.3, -0.25) is 4.79 Å². The highest BCUT2D eigenvalue weighted by molar-refractivity contribution is 5.81. The molecule has 0 aliphatic carbocycles. The third kappa shape index (κ3) is 6.98. The predicted molar refractivity (Wildman–Crippen MR) is 69.6 cm³/mol. The van der Waals surface area contributed by atoms with Crippen LogP contribution in [0.15, 0.2) is 0 Å². The van der Waals surface area contributed by atoms with E-state index in [1.165, 1.54) is 0 Å². The van der Waals surface area contributed by atoms with E-state index in [9.17, 15) is 4.79 Å². The summed E-state index contributed by atoms with van der Waals surface area (Å²) >= 11 is 0. The molecular weight excluding hydrogens is 216 g/mol. The predicted octanol–water partition coefficient (Wildman–Crippen LogP) is 0.775. The van der Waals surface area contributed by atoms with E-state index in [1.54, 1.807) is 0 Å². The monoisotopic (exact) mass is 240 g/mol. The molecule has 2 atom stereocenters. The lowest BCUT2D eigenvalue weighted by molar-refractivity contribution is -0.122. The summed E-state index contributed by atoms with van der Waals surface area (Å²) in [6.45, 7) is 9.55. The molecule has 0 spiro atoms. The normalized spacial score (nSPS) is 14.1. The smallest absolute Gasteiger partial charge is 0.237 e. The molecule has 0 saturated carbocycles. The summed E-state index contributed by atoms with van der Waals surface area (Å²) in [5, 5.41) is 5.91. The Bertz CT molecular complexity index is 259. The fourth-order valence-corrected chi connectivity index (χ4v) is 1.37. The number of terminal acetylenes is 1. The van der Waals surface area contributed by atoms with Gasteiger partial charge < -0.3 is 15.4 Å². The van der Waals surface area contributed by atoms with Crippen molar-refractivity contribution in [2.75, 3.05) is 19.8 Å². The minimum Gasteiger partial charge on any atom is -0.380 e. The van der Waals surface area contributed by atoms with Gasteiger partial charge >= 0.3 is 0 Å². The first-order valence-electron chi connectivity index (χ1n) is 6.07. The van der Waals surface area contributed by atoms with Crippen molar-refractivity contribution in [3.05, 3.63) is 0 Å². The topological polar surface area (TPSA) is 50.4 Å². The lowest BCUT2D eigenvalue weighted by Gasteiger charge is -2.25. The molecule has 0 aromatic carbocycles. The van der Waals surface area contributed by atoms with Crippen LogP contribution in [0.3, 0.4) is 0 Å². The van der Waals surface area contributed by atoms with Crippen LogP contribution in [0, 0.1) is 18.3 Å². The Balaban J connectivity index is 4.15. The van der Waals surface area contributed by atoms with Crippen LogP contribution in [0.1, 0.15) is 27.7 Å². The summed E-state index contributed by atoms with van der Waals surface area (Å²) in [7, 11) is 0. The number of amides is 1. The summed E-state index contributed by atoms with van der Waals surface area (Å²) < 4.78 is 5.39. The Labute approximate surface area is 104 Å². The largest absolute Gasteiger partial charge is 0.380 e. The average molecular weight is 240 g/mol. The quantitative estimate of drug-likeness (QED) is 0.616. The minimum atomic E-state index is -0.267. The van der Waals surface area contributed by atoms with Crippen LogP contribution in [0.2, 0.25) is 0 Å². The first-order chi connectivity index (χ1) is 8.02. The van der Waals surface area contributed by atoms with Crippen LogP contribution < -0.4 is 10.6 Å². The van der Waals surface area contributed by atoms with Crippen LogP contribution in [-0.2, 0) is 9.53 Å². The highest BCUT2D eigenvalue weighted by Crippen LogP contribution is 2.03. The molecule has 2 unspecified atom stereocenters. The number of nitrogens with one attached hydrogen (secondary N) is 2. The SMILES string of the molecule is C#CCNC(=O)C(C)NC(COCC)C(C)C. The number of hydrogen-bond donors (Lipinski definition) is 2. The molecule has 98 valence electrons. The van der Waals surface area contributed by atoms with E-state index >= 15 is 0 Å². The highest BCUT2D eigenvalue weighted by Gasteiger charge is 2.19. The van der Waals surface area contributed by atoms with Crippen molar-refractivity contribution in [3.63, 3.8) is 0 Å². The summed E-state index contributed by atoms with van der Waals surface area (Å²) in [5.74, 6) is 2.71. The second-order valence-corrected chi connectivity index (χ2v) is 4.32. The van der Waals surface area contributed by atoms with Crippen LogP contribution in [0.25, 0.3) is 0 Å². The zero-order valence-corrected chi connectivity index (χ0v) is 11.2. The van der Waals surface area contributed by atoms with Crippen molar-refractivity contribution in [2.45, 2.75) is 39.8 Å². The summed E-state index contributed by atoms with van der Waals surface area (Å²) in [6.07, 6.45) is 5.09. The lowest BCUT2D eigenvalue weighted by Crippen LogP contribution is -2.50. The summed E-state index contributed by atoms with van der Waals surface area (Å²) in [5.41, 5.74) is 0. The van der Waals surface area contributed by atoms with Gasteiger partial charge in [0.2, 0.25) is 5.91 Å². The summed E-state index contributed by atoms with van der Waals surface area (Å²) in [4.78, 5) is 11.6. The fourth-order valence-electron chi connectivity index (χ4n) is 1.37. The van der Waals surface area contributed by atoms with E-state index in [0.29, 0.717) is 19.1 Å². The minimum absolute atomic E-state index is 0.0786. The number of carbonyl (C=O) groups excluding carboxylic acids is 1. The molecular formula is C13H24N2O2. The van der Waals surface area contributed by atoms with Gasteiger partial charge in [0.05, 0.1) is 19.2 Å². The molecule has 4 heteroatoms. The van der Waals surface area contributed by atoms with Crippen molar-refractivity contribution in [2.24, 2.45) is 5.92 Å². The highest BCUT2D eigenvalue weighted by atomic mass is 16.5. The Morgan fingerprint density at radius 1 is 1.41 bits per heavy atom. The molecule has 0 aromatic rings. The van der Waals surface area contributed by atoms with Crippen molar-refractivity contribution >= 4 is 5.91 Å². The second-order valence-electron chi connectivity index (χ2n) is 4.32. The number of ether oxygens (including phenoxy) is 1. The molecule has 0 rings (SSSR count). The van der Waals surface area contributed by atoms with Crippen molar-refractivity contribution < 1.29 is 9.53 Å². The molecule has 0 fully saturated rings. The van der Waals surface area contributed by atoms with E-state index in [2.05, 4.69) is 30.4 Å². The van der Waals surface area contributed by atoms with Gasteiger partial charge in [0.25, 0.3) is 0 Å². The van der Waals surface area contributed by atoms with Gasteiger partial charge in [0, 0.05) is 12.6 Å². The number of carbonyl (C=O) groups is 1. The first kappa shape index (κ1) is 16.0. The van der Waals surface area contributed by atoms with E-state index in [-0.39, 0.29) is 24.5 Å². The number of rotatable bonds is 8. The average Bonchev–Trinajstić information content (AvgIpc) is 2.30. The lowest BCUT2D eigenvalue weighted by atomic mass is 10.0. The second kappa shape index (κ2) is 9.03. The van der Waals surface area contributed by atoms with Crippen molar-refractivity contribution in [1.29, 1.82) is 0 Å². The Morgan fingerprint density at radius 2 is 2.06 bits per heavy atom. The Morgan fingerprint density at radius 3 is 2.53 bits per heavy atom. The molecule has 17 heavy (non-hydrogen) atoms. The molecule has 4 nitrogen and oxygen atoms in total. The molecule has 0 aliphatic heterocycles. The van der Waals surface area contributed by atoms with E-state index in [1.807, 2.05) is 13.8 Å². The van der Waals surface area contributed by atoms with Gasteiger partial charge in [0.1, 0.15) is 0 Å². The maximum atomic E-state index is 11.6. The molecule has 0 bridgehead atoms. The molecule has 0 aromatic heterocycles.